The molecule has 112 valence electrons. The van der Waals surface area contributed by atoms with Crippen molar-refractivity contribution in [3.8, 4) is 0 Å². The van der Waals surface area contributed by atoms with Crippen LogP contribution in [0.4, 0.5) is 0 Å². The van der Waals surface area contributed by atoms with E-state index in [0.29, 0.717) is 5.75 Å². The van der Waals surface area contributed by atoms with E-state index in [1.807, 2.05) is 24.3 Å². The molecule has 0 aromatic heterocycles. The van der Waals surface area contributed by atoms with Crippen molar-refractivity contribution in [2.75, 3.05) is 5.75 Å². The van der Waals surface area contributed by atoms with Crippen LogP contribution in [0, 0.1) is 5.92 Å². The van der Waals surface area contributed by atoms with Gasteiger partial charge in [0.25, 0.3) is 5.91 Å². The van der Waals surface area contributed by atoms with Gasteiger partial charge in [-0.1, -0.05) is 40.9 Å². The van der Waals surface area contributed by atoms with Gasteiger partial charge >= 0.3 is 0 Å². The zero-order valence-corrected chi connectivity index (χ0v) is 14.0. The maximum absolute atomic E-state index is 12.3. The lowest BCUT2D eigenvalue weighted by Gasteiger charge is -2.26. The van der Waals surface area contributed by atoms with Crippen LogP contribution in [-0.2, 0) is 9.59 Å². The van der Waals surface area contributed by atoms with E-state index in [-0.39, 0.29) is 23.1 Å². The van der Waals surface area contributed by atoms with Crippen molar-refractivity contribution in [1.29, 1.82) is 0 Å². The summed E-state index contributed by atoms with van der Waals surface area (Å²) in [4.78, 5) is 24.3. The third-order valence-corrected chi connectivity index (χ3v) is 5.72. The van der Waals surface area contributed by atoms with Gasteiger partial charge in [-0.2, -0.15) is 0 Å². The maximum Gasteiger partial charge on any atom is 0.252 e. The lowest BCUT2D eigenvalue weighted by molar-refractivity contribution is -0.141. The molecule has 4 nitrogen and oxygen atoms in total. The molecule has 2 fully saturated rings. The van der Waals surface area contributed by atoms with E-state index < -0.39 is 0 Å². The van der Waals surface area contributed by atoms with Gasteiger partial charge in [-0.15, -0.1) is 11.8 Å². The van der Waals surface area contributed by atoms with Crippen molar-refractivity contribution in [3.05, 3.63) is 34.3 Å². The predicted octanol–water partition coefficient (Wildman–Crippen LogP) is 3.24. The normalized spacial score (nSPS) is 22.8. The predicted molar refractivity (Wildman–Crippen MR) is 86.3 cm³/mol. The van der Waals surface area contributed by atoms with Crippen LogP contribution in [0.25, 0.3) is 0 Å². The molecule has 6 heteroatoms. The van der Waals surface area contributed by atoms with E-state index in [2.05, 4.69) is 21.4 Å². The molecule has 1 saturated carbocycles. The highest BCUT2D eigenvalue weighted by atomic mass is 79.9. The highest BCUT2D eigenvalue weighted by molar-refractivity contribution is 9.10. The molecule has 1 atom stereocenters. The first-order valence-corrected chi connectivity index (χ1v) is 8.99. The largest absolute Gasteiger partial charge is 0.273 e. The Morgan fingerprint density at radius 1 is 1.24 bits per heavy atom. The Morgan fingerprint density at radius 2 is 1.90 bits per heavy atom. The number of nitrogens with one attached hydrogen (secondary N) is 1. The number of benzene rings is 1. The van der Waals surface area contributed by atoms with Gasteiger partial charge in [0.05, 0.1) is 5.75 Å². The molecule has 1 aromatic carbocycles. The number of thioether (sulfide) groups is 1. The second-order valence-electron chi connectivity index (χ2n) is 5.44. The van der Waals surface area contributed by atoms with Crippen LogP contribution in [0.2, 0.25) is 0 Å². The maximum atomic E-state index is 12.3. The van der Waals surface area contributed by atoms with Crippen LogP contribution in [-0.4, -0.2) is 22.6 Å². The van der Waals surface area contributed by atoms with E-state index in [1.165, 1.54) is 5.01 Å². The molecule has 1 aliphatic heterocycles. The standard InChI is InChI=1S/C15H17BrN2O2S/c16-12-7-5-11(6-8-12)15-18(13(19)9-21-15)17-14(20)10-3-1-2-4-10/h5-8,10,15H,1-4,9H2,(H,17,20). The van der Waals surface area contributed by atoms with Crippen molar-refractivity contribution < 1.29 is 9.59 Å². The zero-order valence-electron chi connectivity index (χ0n) is 11.5. The van der Waals surface area contributed by atoms with E-state index in [4.69, 9.17) is 0 Å². The molecule has 1 aliphatic carbocycles. The smallest absolute Gasteiger partial charge is 0.252 e. The number of amides is 2. The van der Waals surface area contributed by atoms with Crippen LogP contribution < -0.4 is 5.43 Å². The monoisotopic (exact) mass is 368 g/mol. The van der Waals surface area contributed by atoms with Gasteiger partial charge in [-0.05, 0) is 30.5 Å². The third kappa shape index (κ3) is 3.26. The SMILES string of the molecule is O=C(NN1C(=O)CSC1c1ccc(Br)cc1)C1CCCC1. The Kier molecular flexibility index (Phi) is 4.54. The summed E-state index contributed by atoms with van der Waals surface area (Å²) in [5.41, 5.74) is 3.87. The first-order chi connectivity index (χ1) is 10.1. The molecule has 1 aromatic rings. The number of hydrazine groups is 1. The van der Waals surface area contributed by atoms with Crippen molar-refractivity contribution in [2.24, 2.45) is 5.92 Å². The van der Waals surface area contributed by atoms with E-state index in [0.717, 1.165) is 35.7 Å². The lowest BCUT2D eigenvalue weighted by atomic mass is 10.1. The molecule has 2 amide bonds. The fraction of sp³-hybridized carbons (Fsp3) is 0.467. The second kappa shape index (κ2) is 6.40. The van der Waals surface area contributed by atoms with Crippen LogP contribution in [0.15, 0.2) is 28.7 Å². The fourth-order valence-electron chi connectivity index (χ4n) is 2.82. The quantitative estimate of drug-likeness (QED) is 0.890. The fourth-order valence-corrected chi connectivity index (χ4v) is 4.19. The van der Waals surface area contributed by atoms with Gasteiger partial charge in [-0.25, -0.2) is 5.01 Å². The molecule has 0 bridgehead atoms. The van der Waals surface area contributed by atoms with E-state index in [1.54, 1.807) is 11.8 Å². The Labute approximate surface area is 136 Å². The number of rotatable bonds is 3. The molecule has 1 heterocycles. The van der Waals surface area contributed by atoms with Gasteiger partial charge < -0.3 is 0 Å². The Hall–Kier alpha value is -1.01. The average Bonchev–Trinajstić information content (AvgIpc) is 3.11. The minimum absolute atomic E-state index is 0.00883. The molecule has 1 unspecified atom stereocenters. The average molecular weight is 369 g/mol. The number of hydrogen-bond donors (Lipinski definition) is 1. The molecule has 21 heavy (non-hydrogen) atoms. The number of carbonyl (C=O) groups is 2. The number of hydrogen-bond acceptors (Lipinski definition) is 3. The van der Waals surface area contributed by atoms with Crippen LogP contribution in [0.1, 0.15) is 36.6 Å². The molecular weight excluding hydrogens is 352 g/mol. The number of carbonyl (C=O) groups excluding carboxylic acids is 2. The minimum Gasteiger partial charge on any atom is -0.273 e. The molecular formula is C15H17BrN2O2S. The first kappa shape index (κ1) is 14.9. The van der Waals surface area contributed by atoms with E-state index in [9.17, 15) is 9.59 Å². The van der Waals surface area contributed by atoms with Gasteiger partial charge in [-0.3, -0.25) is 15.0 Å². The highest BCUT2D eigenvalue weighted by Gasteiger charge is 2.35. The van der Waals surface area contributed by atoms with E-state index >= 15 is 0 Å². The molecule has 0 spiro atoms. The molecule has 2 aliphatic rings. The third-order valence-electron chi connectivity index (χ3n) is 3.98. The topological polar surface area (TPSA) is 49.4 Å². The van der Waals surface area contributed by atoms with Crippen LogP contribution >= 0.6 is 27.7 Å². The summed E-state index contributed by atoms with van der Waals surface area (Å²) in [6, 6.07) is 7.87. The number of halogens is 1. The molecule has 1 N–H and O–H groups in total. The number of nitrogens with zero attached hydrogens (tertiary/aromatic N) is 1. The molecule has 1 saturated heterocycles. The Bertz CT molecular complexity index is 543. The minimum atomic E-state index is -0.129. The van der Waals surface area contributed by atoms with Gasteiger partial charge in [0, 0.05) is 10.4 Å². The van der Waals surface area contributed by atoms with Crippen molar-refractivity contribution in [2.45, 2.75) is 31.1 Å². The zero-order chi connectivity index (χ0) is 14.8. The summed E-state index contributed by atoms with van der Waals surface area (Å²) < 4.78 is 1.00. The first-order valence-electron chi connectivity index (χ1n) is 7.15. The summed E-state index contributed by atoms with van der Waals surface area (Å²) in [6.45, 7) is 0. The second-order valence-corrected chi connectivity index (χ2v) is 7.42. The summed E-state index contributed by atoms with van der Waals surface area (Å²) in [7, 11) is 0. The summed E-state index contributed by atoms with van der Waals surface area (Å²) in [5, 5.41) is 1.38. The Balaban J connectivity index is 1.73. The van der Waals surface area contributed by atoms with Crippen molar-refractivity contribution >= 4 is 39.5 Å². The van der Waals surface area contributed by atoms with Gasteiger partial charge in [0.2, 0.25) is 5.91 Å². The summed E-state index contributed by atoms with van der Waals surface area (Å²) in [5.74, 6) is 0.435. The molecule has 3 rings (SSSR count). The summed E-state index contributed by atoms with van der Waals surface area (Å²) >= 11 is 4.96. The lowest BCUT2D eigenvalue weighted by Crippen LogP contribution is -2.46. The highest BCUT2D eigenvalue weighted by Crippen LogP contribution is 2.38. The van der Waals surface area contributed by atoms with Gasteiger partial charge in [0.1, 0.15) is 5.37 Å². The van der Waals surface area contributed by atoms with Crippen LogP contribution in [0.3, 0.4) is 0 Å². The Morgan fingerprint density at radius 3 is 2.57 bits per heavy atom. The van der Waals surface area contributed by atoms with Crippen LogP contribution in [0.5, 0.6) is 0 Å². The van der Waals surface area contributed by atoms with Crippen molar-refractivity contribution in [1.82, 2.24) is 10.4 Å². The van der Waals surface area contributed by atoms with Gasteiger partial charge in [0.15, 0.2) is 0 Å². The van der Waals surface area contributed by atoms with Crippen molar-refractivity contribution in [3.63, 3.8) is 0 Å². The molecule has 0 radical (unpaired) electrons. The summed E-state index contributed by atoms with van der Waals surface area (Å²) in [6.07, 6.45) is 4.09.